The van der Waals surface area contributed by atoms with Gasteiger partial charge in [-0.2, -0.15) is 11.3 Å². The highest BCUT2D eigenvalue weighted by Gasteiger charge is 2.20. The van der Waals surface area contributed by atoms with E-state index < -0.39 is 0 Å². The van der Waals surface area contributed by atoms with E-state index in [0.29, 0.717) is 17.3 Å². The minimum Gasteiger partial charge on any atom is -0.441 e. The van der Waals surface area contributed by atoms with Crippen molar-refractivity contribution in [2.24, 2.45) is 0 Å². The Bertz CT molecular complexity index is 585. The lowest BCUT2D eigenvalue weighted by molar-refractivity contribution is -0.122. The molecule has 1 amide bonds. The Kier molecular flexibility index (Phi) is 4.28. The van der Waals surface area contributed by atoms with E-state index in [-0.39, 0.29) is 17.9 Å². The van der Waals surface area contributed by atoms with E-state index in [1.807, 2.05) is 37.6 Å². The number of oxazole rings is 1. The number of hydrogen-bond donors (Lipinski definition) is 1. The first-order chi connectivity index (χ1) is 9.41. The molecule has 0 aliphatic rings. The van der Waals surface area contributed by atoms with Crippen molar-refractivity contribution in [2.45, 2.75) is 46.1 Å². The summed E-state index contributed by atoms with van der Waals surface area (Å²) >= 11 is 1.60. The maximum atomic E-state index is 12.0. The summed E-state index contributed by atoms with van der Waals surface area (Å²) in [5, 5.41) is 6.97. The van der Waals surface area contributed by atoms with Crippen molar-refractivity contribution in [3.05, 3.63) is 28.3 Å². The van der Waals surface area contributed by atoms with Gasteiger partial charge < -0.3 is 9.73 Å². The molecule has 5 heteroatoms. The Hall–Kier alpha value is -1.62. The maximum absolute atomic E-state index is 12.0. The fraction of sp³-hybridized carbons (Fsp3) is 0.467. The van der Waals surface area contributed by atoms with Crippen LogP contribution in [-0.4, -0.2) is 16.4 Å². The van der Waals surface area contributed by atoms with Gasteiger partial charge in [-0.3, -0.25) is 4.79 Å². The van der Waals surface area contributed by atoms with Gasteiger partial charge >= 0.3 is 0 Å². The molecule has 20 heavy (non-hydrogen) atoms. The lowest BCUT2D eigenvalue weighted by atomic mass is 10.0. The van der Waals surface area contributed by atoms with Crippen molar-refractivity contribution in [3.63, 3.8) is 0 Å². The number of amides is 1. The summed E-state index contributed by atoms with van der Waals surface area (Å²) in [4.78, 5) is 16.5. The average Bonchev–Trinajstić information content (AvgIpc) is 2.99. The van der Waals surface area contributed by atoms with Gasteiger partial charge in [0.05, 0.1) is 12.1 Å². The quantitative estimate of drug-likeness (QED) is 0.916. The number of nitrogens with zero attached hydrogens (tertiary/aromatic N) is 1. The summed E-state index contributed by atoms with van der Waals surface area (Å²) in [6.45, 7) is 7.92. The summed E-state index contributed by atoms with van der Waals surface area (Å²) in [7, 11) is 0. The van der Waals surface area contributed by atoms with Crippen LogP contribution in [0.5, 0.6) is 0 Å². The van der Waals surface area contributed by atoms with Crippen LogP contribution in [0.1, 0.15) is 38.6 Å². The molecule has 2 aromatic rings. The summed E-state index contributed by atoms with van der Waals surface area (Å²) < 4.78 is 5.63. The zero-order valence-electron chi connectivity index (χ0n) is 12.3. The van der Waals surface area contributed by atoms with Crippen molar-refractivity contribution in [3.8, 4) is 11.5 Å². The van der Waals surface area contributed by atoms with Gasteiger partial charge in [-0.05, 0) is 38.6 Å². The highest BCUT2D eigenvalue weighted by Crippen LogP contribution is 2.24. The number of hydrogen-bond acceptors (Lipinski definition) is 4. The molecule has 0 bridgehead atoms. The topological polar surface area (TPSA) is 55.1 Å². The summed E-state index contributed by atoms with van der Waals surface area (Å²) in [5.41, 5.74) is 1.47. The van der Waals surface area contributed by atoms with Gasteiger partial charge in [0, 0.05) is 16.5 Å². The fourth-order valence-corrected chi connectivity index (χ4v) is 2.39. The number of carbonyl (C=O) groups excluding carboxylic acids is 1. The van der Waals surface area contributed by atoms with Gasteiger partial charge in [-0.15, -0.1) is 0 Å². The molecule has 108 valence electrons. The van der Waals surface area contributed by atoms with Crippen molar-refractivity contribution in [2.75, 3.05) is 0 Å². The largest absolute Gasteiger partial charge is 0.441 e. The SMILES string of the molecule is CCC(C)(C)NC(=O)Cc1nc(-c2ccsc2)oc1C. The van der Waals surface area contributed by atoms with E-state index in [4.69, 9.17) is 4.42 Å². The Morgan fingerprint density at radius 1 is 1.50 bits per heavy atom. The molecule has 0 fully saturated rings. The predicted molar refractivity (Wildman–Crippen MR) is 80.8 cm³/mol. The van der Waals surface area contributed by atoms with Gasteiger partial charge in [0.25, 0.3) is 0 Å². The third kappa shape index (κ3) is 3.48. The molecule has 2 heterocycles. The lowest BCUT2D eigenvalue weighted by Crippen LogP contribution is -2.43. The van der Waals surface area contributed by atoms with Crippen LogP contribution in [0.25, 0.3) is 11.5 Å². The van der Waals surface area contributed by atoms with E-state index in [1.165, 1.54) is 0 Å². The minimum atomic E-state index is -0.190. The Balaban J connectivity index is 2.09. The van der Waals surface area contributed by atoms with Crippen molar-refractivity contribution in [1.29, 1.82) is 0 Å². The van der Waals surface area contributed by atoms with Crippen LogP contribution < -0.4 is 5.32 Å². The fourth-order valence-electron chi connectivity index (χ4n) is 1.76. The second-order valence-corrected chi connectivity index (χ2v) is 6.28. The molecule has 0 unspecified atom stereocenters. The number of aromatic nitrogens is 1. The molecular weight excluding hydrogens is 272 g/mol. The highest BCUT2D eigenvalue weighted by molar-refractivity contribution is 7.08. The normalized spacial score (nSPS) is 11.6. The zero-order valence-corrected chi connectivity index (χ0v) is 13.1. The van der Waals surface area contributed by atoms with E-state index in [1.54, 1.807) is 11.3 Å². The van der Waals surface area contributed by atoms with Crippen molar-refractivity contribution >= 4 is 17.2 Å². The molecule has 1 N–H and O–H groups in total. The van der Waals surface area contributed by atoms with Crippen LogP contribution in [0.4, 0.5) is 0 Å². The first-order valence-corrected chi connectivity index (χ1v) is 7.65. The predicted octanol–water partition coefficient (Wildman–Crippen LogP) is 3.56. The van der Waals surface area contributed by atoms with Crippen LogP contribution in [-0.2, 0) is 11.2 Å². The molecule has 0 radical (unpaired) electrons. The molecular formula is C15H20N2O2S. The monoisotopic (exact) mass is 292 g/mol. The number of nitrogens with one attached hydrogen (secondary N) is 1. The van der Waals surface area contributed by atoms with Crippen LogP contribution in [0.15, 0.2) is 21.2 Å². The molecule has 0 aliphatic carbocycles. The van der Waals surface area contributed by atoms with E-state index in [0.717, 1.165) is 12.0 Å². The molecule has 0 aliphatic heterocycles. The number of carbonyl (C=O) groups is 1. The maximum Gasteiger partial charge on any atom is 0.227 e. The molecule has 2 rings (SSSR count). The molecule has 0 saturated carbocycles. The Labute approximate surface area is 123 Å². The molecule has 4 nitrogen and oxygen atoms in total. The number of rotatable bonds is 5. The number of thiophene rings is 1. The van der Waals surface area contributed by atoms with Crippen LogP contribution in [0, 0.1) is 6.92 Å². The molecule has 0 atom stereocenters. The highest BCUT2D eigenvalue weighted by atomic mass is 32.1. The second kappa shape index (κ2) is 5.79. The first kappa shape index (κ1) is 14.8. The Morgan fingerprint density at radius 2 is 2.25 bits per heavy atom. The van der Waals surface area contributed by atoms with Gasteiger partial charge in [-0.1, -0.05) is 6.92 Å². The second-order valence-electron chi connectivity index (χ2n) is 5.50. The van der Waals surface area contributed by atoms with Crippen LogP contribution >= 0.6 is 11.3 Å². The summed E-state index contributed by atoms with van der Waals surface area (Å²) in [5.74, 6) is 1.27. The molecule has 2 aromatic heterocycles. The molecule has 0 spiro atoms. The standard InChI is InChI=1S/C15H20N2O2S/c1-5-15(3,4)17-13(18)8-12-10(2)19-14(16-12)11-6-7-20-9-11/h6-7,9H,5,8H2,1-4H3,(H,17,18). The average molecular weight is 292 g/mol. The van der Waals surface area contributed by atoms with E-state index >= 15 is 0 Å². The Morgan fingerprint density at radius 3 is 2.85 bits per heavy atom. The molecule has 0 aromatic carbocycles. The van der Waals surface area contributed by atoms with Gasteiger partial charge in [0.1, 0.15) is 5.76 Å². The van der Waals surface area contributed by atoms with Crippen molar-refractivity contribution in [1.82, 2.24) is 10.3 Å². The number of aryl methyl sites for hydroxylation is 1. The summed E-state index contributed by atoms with van der Waals surface area (Å²) in [6, 6.07) is 1.96. The van der Waals surface area contributed by atoms with E-state index in [2.05, 4.69) is 17.2 Å². The summed E-state index contributed by atoms with van der Waals surface area (Å²) in [6.07, 6.45) is 1.14. The smallest absolute Gasteiger partial charge is 0.227 e. The van der Waals surface area contributed by atoms with E-state index in [9.17, 15) is 4.79 Å². The van der Waals surface area contributed by atoms with Gasteiger partial charge in [0.2, 0.25) is 11.8 Å². The van der Waals surface area contributed by atoms with Gasteiger partial charge in [-0.25, -0.2) is 4.98 Å². The third-order valence-electron chi connectivity index (χ3n) is 3.35. The van der Waals surface area contributed by atoms with Gasteiger partial charge in [0.15, 0.2) is 0 Å². The minimum absolute atomic E-state index is 0.0230. The zero-order chi connectivity index (χ0) is 14.8. The lowest BCUT2D eigenvalue weighted by Gasteiger charge is -2.24. The van der Waals surface area contributed by atoms with Crippen LogP contribution in [0.3, 0.4) is 0 Å². The third-order valence-corrected chi connectivity index (χ3v) is 4.03. The van der Waals surface area contributed by atoms with Crippen LogP contribution in [0.2, 0.25) is 0 Å². The molecule has 0 saturated heterocycles. The first-order valence-electron chi connectivity index (χ1n) is 6.71. The van der Waals surface area contributed by atoms with Crippen molar-refractivity contribution < 1.29 is 9.21 Å².